The molecular formula is C13H23N5O2. The molecule has 1 N–H and O–H groups in total. The van der Waals surface area contributed by atoms with Crippen LogP contribution in [0.25, 0.3) is 0 Å². The first kappa shape index (κ1) is 14.8. The number of hydrogen-bond acceptors (Lipinski definition) is 7. The summed E-state index contributed by atoms with van der Waals surface area (Å²) < 4.78 is 10.8. The van der Waals surface area contributed by atoms with Crippen molar-refractivity contribution in [1.29, 1.82) is 0 Å². The van der Waals surface area contributed by atoms with Crippen molar-refractivity contribution in [1.82, 2.24) is 15.0 Å². The van der Waals surface area contributed by atoms with E-state index in [1.54, 1.807) is 7.05 Å². The van der Waals surface area contributed by atoms with Gasteiger partial charge in [0.25, 0.3) is 0 Å². The molecular weight excluding hydrogens is 258 g/mol. The second kappa shape index (κ2) is 7.23. The molecule has 1 aromatic rings. The van der Waals surface area contributed by atoms with Crippen LogP contribution in [-0.4, -0.2) is 55.4 Å². The average Bonchev–Trinajstić information content (AvgIpc) is 2.48. The summed E-state index contributed by atoms with van der Waals surface area (Å²) >= 11 is 0. The second-order valence-corrected chi connectivity index (χ2v) is 4.86. The van der Waals surface area contributed by atoms with Crippen molar-refractivity contribution in [2.45, 2.75) is 19.8 Å². The molecule has 20 heavy (non-hydrogen) atoms. The van der Waals surface area contributed by atoms with Crippen LogP contribution in [0.1, 0.15) is 19.8 Å². The fourth-order valence-electron chi connectivity index (χ4n) is 2.22. The van der Waals surface area contributed by atoms with Crippen molar-refractivity contribution in [3.05, 3.63) is 0 Å². The number of nitrogens with zero attached hydrogens (tertiary/aromatic N) is 4. The molecule has 0 unspecified atom stereocenters. The third-order valence-corrected chi connectivity index (χ3v) is 3.31. The lowest BCUT2D eigenvalue weighted by Gasteiger charge is -2.27. The Bertz CT molecular complexity index is 423. The van der Waals surface area contributed by atoms with Gasteiger partial charge in [0, 0.05) is 33.9 Å². The number of nitrogens with one attached hydrogen (secondary N) is 1. The summed E-state index contributed by atoms with van der Waals surface area (Å²) in [4.78, 5) is 15.0. The van der Waals surface area contributed by atoms with E-state index in [-0.39, 0.29) is 0 Å². The summed E-state index contributed by atoms with van der Waals surface area (Å²) in [5, 5.41) is 2.94. The molecule has 1 aliphatic heterocycles. The molecule has 0 saturated carbocycles. The Morgan fingerprint density at radius 3 is 2.70 bits per heavy atom. The molecule has 2 rings (SSSR count). The van der Waals surface area contributed by atoms with Gasteiger partial charge in [-0.2, -0.15) is 15.0 Å². The maximum atomic E-state index is 5.38. The van der Waals surface area contributed by atoms with Gasteiger partial charge in [-0.25, -0.2) is 0 Å². The lowest BCUT2D eigenvalue weighted by Crippen LogP contribution is -2.31. The van der Waals surface area contributed by atoms with Gasteiger partial charge in [-0.05, 0) is 25.7 Å². The van der Waals surface area contributed by atoms with Crippen LogP contribution in [0.5, 0.6) is 6.01 Å². The Balaban J connectivity index is 2.06. The van der Waals surface area contributed by atoms with Crippen molar-refractivity contribution in [3.63, 3.8) is 0 Å². The summed E-state index contributed by atoms with van der Waals surface area (Å²) in [5.74, 6) is 1.79. The molecule has 0 aliphatic carbocycles. The van der Waals surface area contributed by atoms with Crippen LogP contribution < -0.4 is 15.0 Å². The molecule has 0 amide bonds. The van der Waals surface area contributed by atoms with Crippen molar-refractivity contribution >= 4 is 11.9 Å². The third-order valence-electron chi connectivity index (χ3n) is 3.31. The highest BCUT2D eigenvalue weighted by Gasteiger charge is 2.18. The first-order chi connectivity index (χ1) is 9.72. The van der Waals surface area contributed by atoms with E-state index < -0.39 is 0 Å². The van der Waals surface area contributed by atoms with Crippen molar-refractivity contribution in [2.24, 2.45) is 5.92 Å². The number of rotatable bonds is 6. The highest BCUT2D eigenvalue weighted by atomic mass is 16.5. The smallest absolute Gasteiger partial charge is 0.323 e. The Morgan fingerprint density at radius 1 is 1.30 bits per heavy atom. The van der Waals surface area contributed by atoms with Crippen LogP contribution in [0.4, 0.5) is 11.9 Å². The van der Waals surface area contributed by atoms with Gasteiger partial charge in [-0.15, -0.1) is 0 Å². The molecule has 1 fully saturated rings. The summed E-state index contributed by atoms with van der Waals surface area (Å²) in [6.07, 6.45) is 2.18. The molecule has 0 aromatic carbocycles. The standard InChI is InChI=1S/C13H23N5O2/c1-4-20-13-16-11(14-2)15-12(17-13)18(3)9-10-5-7-19-8-6-10/h10H,4-9H2,1-3H3,(H,14,15,16,17). The van der Waals surface area contributed by atoms with E-state index in [0.717, 1.165) is 32.6 Å². The fraction of sp³-hybridized carbons (Fsp3) is 0.769. The van der Waals surface area contributed by atoms with Crippen molar-refractivity contribution < 1.29 is 9.47 Å². The van der Waals surface area contributed by atoms with Gasteiger partial charge in [-0.3, -0.25) is 0 Å². The van der Waals surface area contributed by atoms with Crippen LogP contribution in [-0.2, 0) is 4.74 Å². The van der Waals surface area contributed by atoms with Gasteiger partial charge in [0.15, 0.2) is 0 Å². The van der Waals surface area contributed by atoms with Crippen LogP contribution in [0, 0.1) is 5.92 Å². The van der Waals surface area contributed by atoms with Crippen LogP contribution >= 0.6 is 0 Å². The summed E-state index contributed by atoms with van der Waals surface area (Å²) in [5.41, 5.74) is 0. The van der Waals surface area contributed by atoms with E-state index >= 15 is 0 Å². The average molecular weight is 281 g/mol. The van der Waals surface area contributed by atoms with E-state index in [9.17, 15) is 0 Å². The maximum absolute atomic E-state index is 5.38. The number of hydrogen-bond donors (Lipinski definition) is 1. The highest BCUT2D eigenvalue weighted by molar-refractivity contribution is 5.37. The van der Waals surface area contributed by atoms with E-state index in [1.165, 1.54) is 0 Å². The molecule has 0 atom stereocenters. The Kier molecular flexibility index (Phi) is 5.34. The number of aromatic nitrogens is 3. The van der Waals surface area contributed by atoms with Gasteiger partial charge in [0.2, 0.25) is 11.9 Å². The zero-order chi connectivity index (χ0) is 14.4. The second-order valence-electron chi connectivity index (χ2n) is 4.86. The van der Waals surface area contributed by atoms with Crippen LogP contribution in [0.2, 0.25) is 0 Å². The van der Waals surface area contributed by atoms with Crippen LogP contribution in [0.3, 0.4) is 0 Å². The predicted octanol–water partition coefficient (Wildman–Crippen LogP) is 1.17. The van der Waals surface area contributed by atoms with E-state index in [1.807, 2.05) is 14.0 Å². The topological polar surface area (TPSA) is 72.4 Å². The van der Waals surface area contributed by atoms with Crippen LogP contribution in [0.15, 0.2) is 0 Å². The molecule has 0 spiro atoms. The van der Waals surface area contributed by atoms with E-state index in [2.05, 4.69) is 25.2 Å². The fourth-order valence-corrected chi connectivity index (χ4v) is 2.22. The summed E-state index contributed by atoms with van der Waals surface area (Å²) in [6, 6.07) is 0.362. The largest absolute Gasteiger partial charge is 0.464 e. The minimum Gasteiger partial charge on any atom is -0.464 e. The SMILES string of the molecule is CCOc1nc(NC)nc(N(C)CC2CCOCC2)n1. The molecule has 7 heteroatoms. The Hall–Kier alpha value is -1.63. The molecule has 112 valence electrons. The first-order valence-corrected chi connectivity index (χ1v) is 7.08. The number of anilines is 2. The minimum absolute atomic E-state index is 0.362. The van der Waals surface area contributed by atoms with Gasteiger partial charge in [0.05, 0.1) is 6.61 Å². The Labute approximate surface area is 119 Å². The van der Waals surface area contributed by atoms with E-state index in [0.29, 0.717) is 30.4 Å². The van der Waals surface area contributed by atoms with Gasteiger partial charge < -0.3 is 19.7 Å². The highest BCUT2D eigenvalue weighted by Crippen LogP contribution is 2.19. The lowest BCUT2D eigenvalue weighted by atomic mass is 10.0. The predicted molar refractivity (Wildman–Crippen MR) is 77.4 cm³/mol. The molecule has 1 aromatic heterocycles. The summed E-state index contributed by atoms with van der Waals surface area (Å²) in [6.45, 7) is 5.07. The van der Waals surface area contributed by atoms with Gasteiger partial charge >= 0.3 is 6.01 Å². The Morgan fingerprint density at radius 2 is 2.05 bits per heavy atom. The molecule has 1 saturated heterocycles. The first-order valence-electron chi connectivity index (χ1n) is 7.08. The minimum atomic E-state index is 0.362. The molecule has 0 radical (unpaired) electrons. The normalized spacial score (nSPS) is 15.9. The van der Waals surface area contributed by atoms with Crippen molar-refractivity contribution in [2.75, 3.05) is 50.7 Å². The van der Waals surface area contributed by atoms with E-state index in [4.69, 9.17) is 9.47 Å². The van der Waals surface area contributed by atoms with Gasteiger partial charge in [0.1, 0.15) is 0 Å². The van der Waals surface area contributed by atoms with Crippen molar-refractivity contribution in [3.8, 4) is 6.01 Å². The quantitative estimate of drug-likeness (QED) is 0.839. The molecule has 2 heterocycles. The molecule has 7 nitrogen and oxygen atoms in total. The third kappa shape index (κ3) is 3.93. The molecule has 1 aliphatic rings. The zero-order valence-corrected chi connectivity index (χ0v) is 12.4. The maximum Gasteiger partial charge on any atom is 0.323 e. The zero-order valence-electron chi connectivity index (χ0n) is 12.4. The number of ether oxygens (including phenoxy) is 2. The molecule has 0 bridgehead atoms. The summed E-state index contributed by atoms with van der Waals surface area (Å²) in [7, 11) is 3.78. The lowest BCUT2D eigenvalue weighted by molar-refractivity contribution is 0.0684. The van der Waals surface area contributed by atoms with Gasteiger partial charge in [-0.1, -0.05) is 0 Å². The monoisotopic (exact) mass is 281 g/mol.